The number of aromatic nitrogens is 2. The quantitative estimate of drug-likeness (QED) is 0.669. The number of anilines is 1. The van der Waals surface area contributed by atoms with E-state index in [4.69, 9.17) is 14.9 Å². The van der Waals surface area contributed by atoms with Crippen molar-refractivity contribution in [3.8, 4) is 0 Å². The average Bonchev–Trinajstić information content (AvgIpc) is 2.74. The van der Waals surface area contributed by atoms with E-state index in [0.717, 1.165) is 0 Å². The molecule has 1 unspecified atom stereocenters. The molecule has 0 aromatic carbocycles. The lowest BCUT2D eigenvalue weighted by Gasteiger charge is -2.09. The zero-order valence-corrected chi connectivity index (χ0v) is 11.5. The van der Waals surface area contributed by atoms with E-state index in [1.807, 2.05) is 0 Å². The summed E-state index contributed by atoms with van der Waals surface area (Å²) in [6.45, 7) is 3.61. The summed E-state index contributed by atoms with van der Waals surface area (Å²) in [5.74, 6) is 0.0313. The van der Waals surface area contributed by atoms with Crippen molar-refractivity contribution in [1.82, 2.24) is 10.2 Å². The predicted octanol–water partition coefficient (Wildman–Crippen LogP) is -0.0599. The lowest BCUT2D eigenvalue weighted by atomic mass is 10.4. The highest BCUT2D eigenvalue weighted by molar-refractivity contribution is 8.00. The Labute approximate surface area is 114 Å². The van der Waals surface area contributed by atoms with E-state index >= 15 is 0 Å². The number of amides is 1. The number of nitrogens with zero attached hydrogens (tertiary/aromatic N) is 2. The van der Waals surface area contributed by atoms with Gasteiger partial charge in [-0.05, 0) is 6.92 Å². The number of rotatable bonds is 7. The highest BCUT2D eigenvalue weighted by atomic mass is 32.2. The SMILES string of the molecule is CCOC(=O)C(N)CSCC(=O)Nc1nnc(C)o1. The lowest BCUT2D eigenvalue weighted by molar-refractivity contribution is -0.144. The Bertz CT molecular complexity index is 437. The maximum absolute atomic E-state index is 11.5. The number of hydrogen-bond donors (Lipinski definition) is 2. The molecule has 3 N–H and O–H groups in total. The van der Waals surface area contributed by atoms with Crippen LogP contribution in [0.4, 0.5) is 6.01 Å². The molecular weight excluding hydrogens is 272 g/mol. The van der Waals surface area contributed by atoms with Gasteiger partial charge in [-0.2, -0.15) is 0 Å². The molecule has 0 fully saturated rings. The van der Waals surface area contributed by atoms with E-state index in [1.54, 1.807) is 13.8 Å². The summed E-state index contributed by atoms with van der Waals surface area (Å²) < 4.78 is 9.74. The molecule has 8 nitrogen and oxygen atoms in total. The minimum absolute atomic E-state index is 0.0535. The van der Waals surface area contributed by atoms with Gasteiger partial charge in [-0.15, -0.1) is 16.9 Å². The van der Waals surface area contributed by atoms with Gasteiger partial charge in [0.05, 0.1) is 12.4 Å². The first-order valence-corrected chi connectivity index (χ1v) is 6.78. The van der Waals surface area contributed by atoms with E-state index < -0.39 is 12.0 Å². The molecule has 1 amide bonds. The summed E-state index contributed by atoms with van der Waals surface area (Å²) in [6.07, 6.45) is 0. The number of ether oxygens (including phenoxy) is 1. The first-order chi connectivity index (χ1) is 9.02. The molecule has 0 aliphatic rings. The first kappa shape index (κ1) is 15.4. The normalized spacial score (nSPS) is 11.9. The molecule has 0 saturated carbocycles. The van der Waals surface area contributed by atoms with Crippen LogP contribution in [0.2, 0.25) is 0 Å². The highest BCUT2D eigenvalue weighted by Crippen LogP contribution is 2.07. The van der Waals surface area contributed by atoms with Gasteiger partial charge in [0.15, 0.2) is 0 Å². The van der Waals surface area contributed by atoms with Crippen molar-refractivity contribution in [3.05, 3.63) is 5.89 Å². The van der Waals surface area contributed by atoms with E-state index in [0.29, 0.717) is 11.6 Å². The zero-order valence-electron chi connectivity index (χ0n) is 10.7. The van der Waals surface area contributed by atoms with Gasteiger partial charge in [0.1, 0.15) is 6.04 Å². The van der Waals surface area contributed by atoms with Gasteiger partial charge < -0.3 is 14.9 Å². The predicted molar refractivity (Wildman–Crippen MR) is 69.6 cm³/mol. The Kier molecular flexibility index (Phi) is 6.30. The Morgan fingerprint density at radius 3 is 2.84 bits per heavy atom. The first-order valence-electron chi connectivity index (χ1n) is 5.62. The highest BCUT2D eigenvalue weighted by Gasteiger charge is 2.15. The molecular formula is C10H16N4O4S. The van der Waals surface area contributed by atoms with Crippen molar-refractivity contribution < 1.29 is 18.7 Å². The molecule has 19 heavy (non-hydrogen) atoms. The van der Waals surface area contributed by atoms with Crippen LogP contribution in [0.1, 0.15) is 12.8 Å². The Balaban J connectivity index is 2.22. The summed E-state index contributed by atoms with van der Waals surface area (Å²) in [6, 6.07) is -0.679. The fraction of sp³-hybridized carbons (Fsp3) is 0.600. The number of esters is 1. The second-order valence-corrected chi connectivity index (χ2v) is 4.58. The summed E-state index contributed by atoms with van der Waals surface area (Å²) >= 11 is 1.22. The third-order valence-corrected chi connectivity index (χ3v) is 2.95. The van der Waals surface area contributed by atoms with Crippen molar-refractivity contribution in [2.75, 3.05) is 23.4 Å². The van der Waals surface area contributed by atoms with Gasteiger partial charge in [0.2, 0.25) is 11.8 Å². The number of nitrogens with two attached hydrogens (primary N) is 1. The zero-order chi connectivity index (χ0) is 14.3. The summed E-state index contributed by atoms with van der Waals surface area (Å²) in [4.78, 5) is 22.7. The van der Waals surface area contributed by atoms with Crippen LogP contribution in [0.15, 0.2) is 4.42 Å². The van der Waals surface area contributed by atoms with Gasteiger partial charge in [0, 0.05) is 12.7 Å². The number of thioether (sulfide) groups is 1. The van der Waals surface area contributed by atoms with Crippen molar-refractivity contribution in [3.63, 3.8) is 0 Å². The van der Waals surface area contributed by atoms with E-state index in [2.05, 4.69) is 15.5 Å². The van der Waals surface area contributed by atoms with Gasteiger partial charge in [-0.3, -0.25) is 14.9 Å². The minimum atomic E-state index is -0.733. The molecule has 106 valence electrons. The molecule has 1 rings (SSSR count). The third-order valence-electron chi connectivity index (χ3n) is 1.89. The standard InChI is InChI=1S/C10H16N4O4S/c1-3-17-9(16)7(11)4-19-5-8(15)12-10-14-13-6(2)18-10/h7H,3-5,11H2,1-2H3,(H,12,14,15). The third kappa shape index (κ3) is 5.71. The van der Waals surface area contributed by atoms with Crippen LogP contribution in [0, 0.1) is 6.92 Å². The Morgan fingerprint density at radius 1 is 1.53 bits per heavy atom. The smallest absolute Gasteiger partial charge is 0.323 e. The van der Waals surface area contributed by atoms with Crippen LogP contribution >= 0.6 is 11.8 Å². The van der Waals surface area contributed by atoms with Gasteiger partial charge in [-0.1, -0.05) is 5.10 Å². The van der Waals surface area contributed by atoms with E-state index in [9.17, 15) is 9.59 Å². The van der Waals surface area contributed by atoms with Crippen LogP contribution < -0.4 is 11.1 Å². The molecule has 9 heteroatoms. The van der Waals surface area contributed by atoms with Crippen LogP contribution in [-0.2, 0) is 14.3 Å². The summed E-state index contributed by atoms with van der Waals surface area (Å²) in [5.41, 5.74) is 5.58. The van der Waals surface area contributed by atoms with Gasteiger partial charge >= 0.3 is 12.0 Å². The van der Waals surface area contributed by atoms with Crippen molar-refractivity contribution in [2.45, 2.75) is 19.9 Å². The molecule has 0 aliphatic carbocycles. The number of aryl methyl sites for hydroxylation is 1. The Hall–Kier alpha value is -1.61. The molecule has 1 atom stereocenters. The largest absolute Gasteiger partial charge is 0.465 e. The maximum atomic E-state index is 11.5. The molecule has 0 bridgehead atoms. The van der Waals surface area contributed by atoms with E-state index in [-0.39, 0.29) is 24.3 Å². The van der Waals surface area contributed by atoms with Gasteiger partial charge in [-0.25, -0.2) is 0 Å². The summed E-state index contributed by atoms with van der Waals surface area (Å²) in [5, 5.41) is 9.63. The maximum Gasteiger partial charge on any atom is 0.323 e. The molecule has 0 spiro atoms. The number of carbonyl (C=O) groups is 2. The number of carbonyl (C=O) groups excluding carboxylic acids is 2. The average molecular weight is 288 g/mol. The lowest BCUT2D eigenvalue weighted by Crippen LogP contribution is -2.35. The molecule has 1 aromatic heterocycles. The fourth-order valence-electron chi connectivity index (χ4n) is 1.10. The fourth-order valence-corrected chi connectivity index (χ4v) is 1.86. The number of nitrogens with one attached hydrogen (secondary N) is 1. The van der Waals surface area contributed by atoms with Gasteiger partial charge in [0.25, 0.3) is 0 Å². The molecule has 0 radical (unpaired) electrons. The second kappa shape index (κ2) is 7.74. The summed E-state index contributed by atoms with van der Waals surface area (Å²) in [7, 11) is 0. The number of hydrogen-bond acceptors (Lipinski definition) is 8. The van der Waals surface area contributed by atoms with Crippen molar-refractivity contribution >= 4 is 29.7 Å². The minimum Gasteiger partial charge on any atom is -0.465 e. The monoisotopic (exact) mass is 288 g/mol. The van der Waals surface area contributed by atoms with Crippen LogP contribution in [0.3, 0.4) is 0 Å². The second-order valence-electron chi connectivity index (χ2n) is 3.55. The molecule has 0 aliphatic heterocycles. The van der Waals surface area contributed by atoms with Crippen LogP contribution in [0.5, 0.6) is 0 Å². The van der Waals surface area contributed by atoms with Crippen LogP contribution in [0.25, 0.3) is 0 Å². The molecule has 0 saturated heterocycles. The van der Waals surface area contributed by atoms with Crippen LogP contribution in [-0.4, -0.2) is 46.2 Å². The molecule has 1 aromatic rings. The topological polar surface area (TPSA) is 120 Å². The Morgan fingerprint density at radius 2 is 2.26 bits per heavy atom. The van der Waals surface area contributed by atoms with Crippen molar-refractivity contribution in [1.29, 1.82) is 0 Å². The van der Waals surface area contributed by atoms with E-state index in [1.165, 1.54) is 11.8 Å². The molecule has 1 heterocycles. The van der Waals surface area contributed by atoms with Crippen molar-refractivity contribution in [2.24, 2.45) is 5.73 Å².